The molecule has 118 valence electrons. The summed E-state index contributed by atoms with van der Waals surface area (Å²) in [6.07, 6.45) is 2.46. The van der Waals surface area contributed by atoms with Crippen molar-refractivity contribution >= 4 is 11.9 Å². The number of rotatable bonds is 7. The second-order valence-electron chi connectivity index (χ2n) is 6.38. The van der Waals surface area contributed by atoms with E-state index in [-0.39, 0.29) is 5.91 Å². The lowest BCUT2D eigenvalue weighted by Crippen LogP contribution is -2.41. The van der Waals surface area contributed by atoms with Gasteiger partial charge < -0.3 is 10.0 Å². The fourth-order valence-corrected chi connectivity index (χ4v) is 3.17. The quantitative estimate of drug-likeness (QED) is 0.782. The molecule has 5 heteroatoms. The van der Waals surface area contributed by atoms with Gasteiger partial charge in [0.1, 0.15) is 0 Å². The molecule has 0 aromatic heterocycles. The molecule has 1 N–H and O–H groups in total. The van der Waals surface area contributed by atoms with Gasteiger partial charge >= 0.3 is 5.97 Å². The van der Waals surface area contributed by atoms with Crippen LogP contribution in [0.15, 0.2) is 0 Å². The highest BCUT2D eigenvalue weighted by Crippen LogP contribution is 2.39. The van der Waals surface area contributed by atoms with Crippen molar-refractivity contribution in [3.05, 3.63) is 0 Å². The van der Waals surface area contributed by atoms with E-state index in [1.807, 2.05) is 20.8 Å². The van der Waals surface area contributed by atoms with Crippen molar-refractivity contribution in [2.24, 2.45) is 23.7 Å². The SMILES string of the molecule is CCC1CC(C(=O)O)C(C(=O)N(CCC#N)CC(C)C)C1. The molecule has 0 radical (unpaired) electrons. The Bertz CT molecular complexity index is 414. The first-order chi connectivity index (χ1) is 9.90. The second kappa shape index (κ2) is 8.02. The number of nitriles is 1. The number of carbonyl (C=O) groups is 2. The summed E-state index contributed by atoms with van der Waals surface area (Å²) in [4.78, 5) is 25.8. The first-order valence-electron chi connectivity index (χ1n) is 7.79. The molecule has 3 unspecified atom stereocenters. The van der Waals surface area contributed by atoms with Gasteiger partial charge in [-0.2, -0.15) is 5.26 Å². The average Bonchev–Trinajstić information content (AvgIpc) is 2.86. The summed E-state index contributed by atoms with van der Waals surface area (Å²) in [5, 5.41) is 18.1. The largest absolute Gasteiger partial charge is 0.481 e. The van der Waals surface area contributed by atoms with Gasteiger partial charge in [0.25, 0.3) is 0 Å². The highest BCUT2D eigenvalue weighted by molar-refractivity contribution is 5.85. The normalized spacial score (nSPS) is 24.8. The minimum absolute atomic E-state index is 0.0812. The Morgan fingerprint density at radius 3 is 2.43 bits per heavy atom. The summed E-state index contributed by atoms with van der Waals surface area (Å²) in [5.41, 5.74) is 0. The molecule has 0 bridgehead atoms. The Hall–Kier alpha value is -1.57. The lowest BCUT2D eigenvalue weighted by molar-refractivity contribution is -0.149. The number of hydrogen-bond acceptors (Lipinski definition) is 3. The molecule has 0 saturated heterocycles. The number of hydrogen-bond donors (Lipinski definition) is 1. The van der Waals surface area contributed by atoms with E-state index in [0.717, 1.165) is 6.42 Å². The monoisotopic (exact) mass is 294 g/mol. The first-order valence-corrected chi connectivity index (χ1v) is 7.79. The van der Waals surface area contributed by atoms with Crippen molar-refractivity contribution < 1.29 is 14.7 Å². The van der Waals surface area contributed by atoms with Gasteiger partial charge in [0.15, 0.2) is 0 Å². The Morgan fingerprint density at radius 2 is 1.95 bits per heavy atom. The van der Waals surface area contributed by atoms with E-state index in [9.17, 15) is 14.7 Å². The number of carboxylic acid groups (broad SMARTS) is 1. The minimum atomic E-state index is -0.867. The Kier molecular flexibility index (Phi) is 6.67. The van der Waals surface area contributed by atoms with Gasteiger partial charge in [0.05, 0.1) is 24.3 Å². The number of amides is 1. The van der Waals surface area contributed by atoms with Gasteiger partial charge in [0, 0.05) is 13.1 Å². The highest BCUT2D eigenvalue weighted by Gasteiger charge is 2.43. The molecule has 0 aliphatic heterocycles. The predicted octanol–water partition coefficient (Wildman–Crippen LogP) is 2.52. The Labute approximate surface area is 126 Å². The third kappa shape index (κ3) is 4.73. The van der Waals surface area contributed by atoms with Crippen LogP contribution in [0.1, 0.15) is 46.5 Å². The molecule has 0 spiro atoms. The van der Waals surface area contributed by atoms with E-state index < -0.39 is 17.8 Å². The summed E-state index contributed by atoms with van der Waals surface area (Å²) >= 11 is 0. The summed E-state index contributed by atoms with van der Waals surface area (Å²) in [7, 11) is 0. The van der Waals surface area contributed by atoms with Crippen LogP contribution in [0.2, 0.25) is 0 Å². The first kappa shape index (κ1) is 17.5. The molecule has 1 aliphatic rings. The lowest BCUT2D eigenvalue weighted by atomic mass is 9.94. The molecule has 0 heterocycles. The predicted molar refractivity (Wildman–Crippen MR) is 79.3 cm³/mol. The van der Waals surface area contributed by atoms with Crippen LogP contribution in [-0.2, 0) is 9.59 Å². The molecule has 1 rings (SSSR count). The zero-order valence-electron chi connectivity index (χ0n) is 13.2. The molecular formula is C16H26N2O3. The van der Waals surface area contributed by atoms with E-state index in [2.05, 4.69) is 6.07 Å². The molecule has 1 fully saturated rings. The van der Waals surface area contributed by atoms with Crippen LogP contribution in [-0.4, -0.2) is 35.0 Å². The van der Waals surface area contributed by atoms with E-state index in [1.165, 1.54) is 0 Å². The maximum Gasteiger partial charge on any atom is 0.307 e. The number of aliphatic carboxylic acids is 1. The smallest absolute Gasteiger partial charge is 0.307 e. The van der Waals surface area contributed by atoms with Gasteiger partial charge in [-0.3, -0.25) is 9.59 Å². The topological polar surface area (TPSA) is 81.4 Å². The molecule has 21 heavy (non-hydrogen) atoms. The zero-order chi connectivity index (χ0) is 16.0. The summed E-state index contributed by atoms with van der Waals surface area (Å²) < 4.78 is 0. The molecule has 5 nitrogen and oxygen atoms in total. The molecule has 3 atom stereocenters. The van der Waals surface area contributed by atoms with E-state index in [0.29, 0.717) is 44.2 Å². The standard InChI is InChI=1S/C16H26N2O3/c1-4-12-8-13(14(9-12)16(20)21)15(19)18(7-5-6-17)10-11(2)3/h11-14H,4-5,7-10H2,1-3H3,(H,20,21). The number of nitrogens with zero attached hydrogens (tertiary/aromatic N) is 2. The van der Waals surface area contributed by atoms with Crippen molar-refractivity contribution in [2.45, 2.75) is 46.5 Å². The summed E-state index contributed by atoms with van der Waals surface area (Å²) in [6.45, 7) is 7.06. The average molecular weight is 294 g/mol. The lowest BCUT2D eigenvalue weighted by Gasteiger charge is -2.28. The van der Waals surface area contributed by atoms with Gasteiger partial charge in [-0.1, -0.05) is 27.2 Å². The Balaban J connectivity index is 2.84. The van der Waals surface area contributed by atoms with Crippen LogP contribution in [0.4, 0.5) is 0 Å². The van der Waals surface area contributed by atoms with E-state index >= 15 is 0 Å². The van der Waals surface area contributed by atoms with Crippen molar-refractivity contribution in [2.75, 3.05) is 13.1 Å². The number of carbonyl (C=O) groups excluding carboxylic acids is 1. The van der Waals surface area contributed by atoms with Crippen LogP contribution >= 0.6 is 0 Å². The van der Waals surface area contributed by atoms with Crippen LogP contribution < -0.4 is 0 Å². The van der Waals surface area contributed by atoms with E-state index in [1.54, 1.807) is 4.90 Å². The summed E-state index contributed by atoms with van der Waals surface area (Å²) in [6, 6.07) is 2.06. The fourth-order valence-electron chi connectivity index (χ4n) is 3.17. The second-order valence-corrected chi connectivity index (χ2v) is 6.38. The van der Waals surface area contributed by atoms with Crippen LogP contribution in [0.5, 0.6) is 0 Å². The van der Waals surface area contributed by atoms with Crippen molar-refractivity contribution in [1.29, 1.82) is 5.26 Å². The summed E-state index contributed by atoms with van der Waals surface area (Å²) in [5.74, 6) is -1.32. The molecule has 1 amide bonds. The van der Waals surface area contributed by atoms with Gasteiger partial charge in [-0.15, -0.1) is 0 Å². The van der Waals surface area contributed by atoms with Gasteiger partial charge in [-0.05, 0) is 24.7 Å². The third-order valence-electron chi connectivity index (χ3n) is 4.26. The fraction of sp³-hybridized carbons (Fsp3) is 0.812. The van der Waals surface area contributed by atoms with Gasteiger partial charge in [0.2, 0.25) is 5.91 Å². The van der Waals surface area contributed by atoms with Crippen molar-refractivity contribution in [3.63, 3.8) is 0 Å². The van der Waals surface area contributed by atoms with Crippen LogP contribution in [0.25, 0.3) is 0 Å². The van der Waals surface area contributed by atoms with Crippen molar-refractivity contribution in [3.8, 4) is 6.07 Å². The molecule has 1 saturated carbocycles. The van der Waals surface area contributed by atoms with Crippen LogP contribution in [0.3, 0.4) is 0 Å². The van der Waals surface area contributed by atoms with Crippen molar-refractivity contribution in [1.82, 2.24) is 4.90 Å². The van der Waals surface area contributed by atoms with E-state index in [4.69, 9.17) is 5.26 Å². The third-order valence-corrected chi connectivity index (χ3v) is 4.26. The molecule has 0 aromatic carbocycles. The molecule has 1 aliphatic carbocycles. The maximum absolute atomic E-state index is 12.7. The van der Waals surface area contributed by atoms with Gasteiger partial charge in [-0.25, -0.2) is 0 Å². The zero-order valence-corrected chi connectivity index (χ0v) is 13.2. The Morgan fingerprint density at radius 1 is 1.33 bits per heavy atom. The maximum atomic E-state index is 12.7. The number of carboxylic acids is 1. The minimum Gasteiger partial charge on any atom is -0.481 e. The highest BCUT2D eigenvalue weighted by atomic mass is 16.4. The van der Waals surface area contributed by atoms with Crippen LogP contribution in [0, 0.1) is 35.0 Å². The molecular weight excluding hydrogens is 268 g/mol. The molecule has 0 aromatic rings.